The lowest BCUT2D eigenvalue weighted by Crippen LogP contribution is -2.45. The Hall–Kier alpha value is -0.970. The Kier molecular flexibility index (Phi) is 4.10. The molecule has 2 N–H and O–H groups in total. The van der Waals surface area contributed by atoms with Gasteiger partial charge in [0.2, 0.25) is 0 Å². The van der Waals surface area contributed by atoms with E-state index in [4.69, 9.17) is 10.5 Å². The van der Waals surface area contributed by atoms with Gasteiger partial charge in [-0.1, -0.05) is 18.2 Å². The zero-order chi connectivity index (χ0) is 12.3. The highest BCUT2D eigenvalue weighted by Crippen LogP contribution is 2.26. The van der Waals surface area contributed by atoms with Crippen LogP contribution in [-0.2, 0) is 4.74 Å². The molecule has 2 rings (SSSR count). The second kappa shape index (κ2) is 5.58. The van der Waals surface area contributed by atoms with Crippen LogP contribution in [0.2, 0.25) is 0 Å². The van der Waals surface area contributed by atoms with Gasteiger partial charge in [0.15, 0.2) is 0 Å². The maximum atomic E-state index is 13.8. The molecule has 94 valence electrons. The predicted molar refractivity (Wildman–Crippen MR) is 65.2 cm³/mol. The molecule has 1 heterocycles. The molecule has 17 heavy (non-hydrogen) atoms. The normalized spacial score (nSPS) is 21.1. The molecule has 1 aromatic rings. The highest BCUT2D eigenvalue weighted by molar-refractivity contribution is 5.22. The molecule has 0 aliphatic carbocycles. The van der Waals surface area contributed by atoms with Gasteiger partial charge < -0.3 is 10.5 Å². The molecule has 0 amide bonds. The predicted octanol–water partition coefficient (Wildman–Crippen LogP) is 1.55. The van der Waals surface area contributed by atoms with Gasteiger partial charge >= 0.3 is 0 Å². The molecule has 0 radical (unpaired) electrons. The average molecular weight is 238 g/mol. The summed E-state index contributed by atoms with van der Waals surface area (Å²) in [4.78, 5) is 2.20. The fraction of sp³-hybridized carbons (Fsp3) is 0.538. The minimum Gasteiger partial charge on any atom is -0.379 e. The first-order valence-electron chi connectivity index (χ1n) is 6.02. The van der Waals surface area contributed by atoms with Gasteiger partial charge in [-0.05, 0) is 13.0 Å². The van der Waals surface area contributed by atoms with Crippen LogP contribution in [0.5, 0.6) is 0 Å². The Balaban J connectivity index is 2.25. The summed E-state index contributed by atoms with van der Waals surface area (Å²) in [5, 5.41) is 0. The number of hydrogen-bond acceptors (Lipinski definition) is 3. The standard InChI is InChI=1S/C13H19FN2O/c1-10(15)13(16-6-8-17-9-7-16)11-4-2-3-5-12(11)14/h2-5,10,13H,6-9,15H2,1H3. The van der Waals surface area contributed by atoms with Crippen molar-refractivity contribution in [1.29, 1.82) is 0 Å². The van der Waals surface area contributed by atoms with E-state index < -0.39 is 0 Å². The number of ether oxygens (including phenoxy) is 1. The molecule has 0 spiro atoms. The third-order valence-electron chi connectivity index (χ3n) is 3.16. The first-order valence-corrected chi connectivity index (χ1v) is 6.02. The highest BCUT2D eigenvalue weighted by atomic mass is 19.1. The number of nitrogens with zero attached hydrogens (tertiary/aromatic N) is 1. The van der Waals surface area contributed by atoms with Gasteiger partial charge in [0, 0.05) is 24.7 Å². The van der Waals surface area contributed by atoms with Gasteiger partial charge in [-0.25, -0.2) is 4.39 Å². The van der Waals surface area contributed by atoms with Crippen LogP contribution in [-0.4, -0.2) is 37.2 Å². The quantitative estimate of drug-likeness (QED) is 0.868. The molecule has 4 heteroatoms. The van der Waals surface area contributed by atoms with E-state index in [9.17, 15) is 4.39 Å². The molecule has 2 unspecified atom stereocenters. The van der Waals surface area contributed by atoms with Crippen LogP contribution in [0.15, 0.2) is 24.3 Å². The van der Waals surface area contributed by atoms with Crippen molar-refractivity contribution in [3.63, 3.8) is 0 Å². The summed E-state index contributed by atoms with van der Waals surface area (Å²) in [5.74, 6) is -0.179. The monoisotopic (exact) mass is 238 g/mol. The lowest BCUT2D eigenvalue weighted by molar-refractivity contribution is 0.0109. The summed E-state index contributed by atoms with van der Waals surface area (Å²) in [6.07, 6.45) is 0. The van der Waals surface area contributed by atoms with Gasteiger partial charge in [-0.2, -0.15) is 0 Å². The van der Waals surface area contributed by atoms with Gasteiger partial charge in [0.1, 0.15) is 5.82 Å². The van der Waals surface area contributed by atoms with Crippen molar-refractivity contribution in [2.75, 3.05) is 26.3 Å². The molecular weight excluding hydrogens is 219 g/mol. The lowest BCUT2D eigenvalue weighted by Gasteiger charge is -2.37. The molecule has 0 bridgehead atoms. The lowest BCUT2D eigenvalue weighted by atomic mass is 9.98. The summed E-state index contributed by atoms with van der Waals surface area (Å²) in [7, 11) is 0. The Bertz CT molecular complexity index is 364. The van der Waals surface area contributed by atoms with E-state index >= 15 is 0 Å². The summed E-state index contributed by atoms with van der Waals surface area (Å²) in [5.41, 5.74) is 6.70. The first-order chi connectivity index (χ1) is 8.20. The van der Waals surface area contributed by atoms with E-state index in [1.54, 1.807) is 6.07 Å². The summed E-state index contributed by atoms with van der Waals surface area (Å²) < 4.78 is 19.2. The second-order valence-corrected chi connectivity index (χ2v) is 4.47. The zero-order valence-electron chi connectivity index (χ0n) is 10.1. The number of morpholine rings is 1. The van der Waals surface area contributed by atoms with E-state index in [0.717, 1.165) is 13.1 Å². The van der Waals surface area contributed by atoms with Crippen LogP contribution in [0.3, 0.4) is 0 Å². The van der Waals surface area contributed by atoms with E-state index in [1.165, 1.54) is 6.07 Å². The fourth-order valence-corrected chi connectivity index (χ4v) is 2.38. The van der Waals surface area contributed by atoms with Crippen molar-refractivity contribution in [2.24, 2.45) is 5.73 Å². The van der Waals surface area contributed by atoms with Gasteiger partial charge in [-0.15, -0.1) is 0 Å². The number of nitrogens with two attached hydrogens (primary N) is 1. The molecule has 1 aliphatic heterocycles. The number of rotatable bonds is 3. The number of halogens is 1. The average Bonchev–Trinajstić information content (AvgIpc) is 2.33. The van der Waals surface area contributed by atoms with Crippen molar-refractivity contribution in [1.82, 2.24) is 4.90 Å². The Morgan fingerprint density at radius 2 is 1.94 bits per heavy atom. The van der Waals surface area contributed by atoms with Crippen molar-refractivity contribution < 1.29 is 9.13 Å². The Morgan fingerprint density at radius 3 is 2.53 bits per heavy atom. The van der Waals surface area contributed by atoms with Crippen LogP contribution in [0.4, 0.5) is 4.39 Å². The molecule has 3 nitrogen and oxygen atoms in total. The third-order valence-corrected chi connectivity index (χ3v) is 3.16. The van der Waals surface area contributed by atoms with Crippen LogP contribution in [0.25, 0.3) is 0 Å². The van der Waals surface area contributed by atoms with E-state index in [0.29, 0.717) is 18.8 Å². The molecule has 1 aliphatic rings. The van der Waals surface area contributed by atoms with Gasteiger partial charge in [-0.3, -0.25) is 4.90 Å². The molecule has 1 fully saturated rings. The summed E-state index contributed by atoms with van der Waals surface area (Å²) >= 11 is 0. The SMILES string of the molecule is CC(N)C(c1ccccc1F)N1CCOCC1. The van der Waals surface area contributed by atoms with E-state index in [2.05, 4.69) is 4.90 Å². The molecule has 1 aromatic carbocycles. The van der Waals surface area contributed by atoms with Crippen molar-refractivity contribution in [3.8, 4) is 0 Å². The molecule has 1 saturated heterocycles. The van der Waals surface area contributed by atoms with Crippen LogP contribution in [0.1, 0.15) is 18.5 Å². The summed E-state index contributed by atoms with van der Waals surface area (Å²) in [6, 6.07) is 6.69. The van der Waals surface area contributed by atoms with Crippen LogP contribution in [0, 0.1) is 5.82 Å². The first kappa shape index (κ1) is 12.5. The Morgan fingerprint density at radius 1 is 1.29 bits per heavy atom. The van der Waals surface area contributed by atoms with Crippen LogP contribution >= 0.6 is 0 Å². The minimum atomic E-state index is -0.179. The number of benzene rings is 1. The maximum Gasteiger partial charge on any atom is 0.128 e. The van der Waals surface area contributed by atoms with Gasteiger partial charge in [0.25, 0.3) is 0 Å². The van der Waals surface area contributed by atoms with Crippen molar-refractivity contribution >= 4 is 0 Å². The Labute approximate surface area is 101 Å². The molecule has 0 saturated carbocycles. The van der Waals surface area contributed by atoms with Crippen molar-refractivity contribution in [2.45, 2.75) is 19.0 Å². The largest absolute Gasteiger partial charge is 0.379 e. The third kappa shape index (κ3) is 2.83. The van der Waals surface area contributed by atoms with Crippen molar-refractivity contribution in [3.05, 3.63) is 35.6 Å². The maximum absolute atomic E-state index is 13.8. The topological polar surface area (TPSA) is 38.5 Å². The highest BCUT2D eigenvalue weighted by Gasteiger charge is 2.27. The fourth-order valence-electron chi connectivity index (χ4n) is 2.38. The molecular formula is C13H19FN2O. The van der Waals surface area contributed by atoms with E-state index in [1.807, 2.05) is 19.1 Å². The molecule has 2 atom stereocenters. The zero-order valence-corrected chi connectivity index (χ0v) is 10.1. The summed E-state index contributed by atoms with van der Waals surface area (Å²) in [6.45, 7) is 4.92. The number of hydrogen-bond donors (Lipinski definition) is 1. The van der Waals surface area contributed by atoms with Gasteiger partial charge in [0.05, 0.1) is 19.3 Å². The smallest absolute Gasteiger partial charge is 0.128 e. The minimum absolute atomic E-state index is 0.0694. The molecule has 0 aromatic heterocycles. The van der Waals surface area contributed by atoms with Crippen LogP contribution < -0.4 is 5.73 Å². The van der Waals surface area contributed by atoms with E-state index in [-0.39, 0.29) is 17.9 Å². The second-order valence-electron chi connectivity index (χ2n) is 4.47.